The van der Waals surface area contributed by atoms with Crippen LogP contribution in [0.15, 0.2) is 15.9 Å². The first-order valence-corrected chi connectivity index (χ1v) is 6.69. The highest BCUT2D eigenvalue weighted by Crippen LogP contribution is 2.27. The molecule has 1 aromatic heterocycles. The average molecular weight is 291 g/mol. The predicted octanol–water partition coefficient (Wildman–Crippen LogP) is 1.94. The van der Waals surface area contributed by atoms with E-state index in [1.54, 1.807) is 11.3 Å². The standard InChI is InChI=1S/C10H15BrN2OS/c1-13(10-4-8(11)7-15-10)5-9-6-14-3-2-12-9/h4,7,9,12H,2-3,5-6H2,1H3. The number of halogens is 1. The summed E-state index contributed by atoms with van der Waals surface area (Å²) in [6.07, 6.45) is 0. The molecular formula is C10H15BrN2OS. The van der Waals surface area contributed by atoms with Gasteiger partial charge in [0, 0.05) is 36.0 Å². The molecule has 0 spiro atoms. The highest BCUT2D eigenvalue weighted by molar-refractivity contribution is 9.10. The number of anilines is 1. The minimum Gasteiger partial charge on any atom is -0.378 e. The highest BCUT2D eigenvalue weighted by Gasteiger charge is 2.15. The Balaban J connectivity index is 1.88. The lowest BCUT2D eigenvalue weighted by Crippen LogP contribution is -2.47. The van der Waals surface area contributed by atoms with Gasteiger partial charge in [-0.3, -0.25) is 0 Å². The molecule has 2 rings (SSSR count). The summed E-state index contributed by atoms with van der Waals surface area (Å²) in [4.78, 5) is 2.27. The lowest BCUT2D eigenvalue weighted by atomic mass is 10.2. The van der Waals surface area contributed by atoms with Crippen molar-refractivity contribution in [1.29, 1.82) is 0 Å². The number of hydrogen-bond acceptors (Lipinski definition) is 4. The molecule has 1 fully saturated rings. The maximum Gasteiger partial charge on any atom is 0.0918 e. The molecule has 15 heavy (non-hydrogen) atoms. The summed E-state index contributed by atoms with van der Waals surface area (Å²) in [5, 5.41) is 6.85. The third-order valence-electron chi connectivity index (χ3n) is 2.42. The minimum absolute atomic E-state index is 0.449. The molecule has 3 nitrogen and oxygen atoms in total. The third-order valence-corrected chi connectivity index (χ3v) is 4.23. The zero-order valence-electron chi connectivity index (χ0n) is 8.70. The van der Waals surface area contributed by atoms with E-state index < -0.39 is 0 Å². The molecule has 1 atom stereocenters. The topological polar surface area (TPSA) is 24.5 Å². The first-order chi connectivity index (χ1) is 7.25. The summed E-state index contributed by atoms with van der Waals surface area (Å²) in [6.45, 7) is 3.61. The van der Waals surface area contributed by atoms with Crippen LogP contribution < -0.4 is 10.2 Å². The average Bonchev–Trinajstić information content (AvgIpc) is 2.66. The largest absolute Gasteiger partial charge is 0.378 e. The Labute approximate surface area is 103 Å². The van der Waals surface area contributed by atoms with Gasteiger partial charge in [0.25, 0.3) is 0 Å². The van der Waals surface area contributed by atoms with Crippen LogP contribution in [0.25, 0.3) is 0 Å². The van der Waals surface area contributed by atoms with Crippen molar-refractivity contribution in [3.05, 3.63) is 15.9 Å². The van der Waals surface area contributed by atoms with Gasteiger partial charge in [0.05, 0.1) is 18.2 Å². The summed E-state index contributed by atoms with van der Waals surface area (Å²) >= 11 is 5.23. The maximum atomic E-state index is 5.43. The van der Waals surface area contributed by atoms with Crippen LogP contribution in [0.1, 0.15) is 0 Å². The minimum atomic E-state index is 0.449. The Kier molecular flexibility index (Phi) is 4.02. The van der Waals surface area contributed by atoms with E-state index in [0.29, 0.717) is 6.04 Å². The van der Waals surface area contributed by atoms with Crippen molar-refractivity contribution in [2.24, 2.45) is 0 Å². The Morgan fingerprint density at radius 2 is 2.60 bits per heavy atom. The first-order valence-electron chi connectivity index (χ1n) is 5.02. The number of hydrogen-bond donors (Lipinski definition) is 1. The lowest BCUT2D eigenvalue weighted by molar-refractivity contribution is 0.0791. The zero-order chi connectivity index (χ0) is 10.7. The van der Waals surface area contributed by atoms with E-state index in [4.69, 9.17) is 4.74 Å². The van der Waals surface area contributed by atoms with E-state index in [0.717, 1.165) is 30.8 Å². The number of ether oxygens (including phenoxy) is 1. The van der Waals surface area contributed by atoms with E-state index in [-0.39, 0.29) is 0 Å². The van der Waals surface area contributed by atoms with Gasteiger partial charge >= 0.3 is 0 Å². The fraction of sp³-hybridized carbons (Fsp3) is 0.600. The van der Waals surface area contributed by atoms with Crippen molar-refractivity contribution < 1.29 is 4.74 Å². The summed E-state index contributed by atoms with van der Waals surface area (Å²) < 4.78 is 6.58. The Morgan fingerprint density at radius 1 is 1.73 bits per heavy atom. The Morgan fingerprint density at radius 3 is 3.20 bits per heavy atom. The lowest BCUT2D eigenvalue weighted by Gasteiger charge is -2.28. The molecule has 1 aromatic rings. The Hall–Kier alpha value is -0.100. The maximum absolute atomic E-state index is 5.43. The van der Waals surface area contributed by atoms with Crippen LogP contribution in [-0.4, -0.2) is 39.4 Å². The van der Waals surface area contributed by atoms with Crippen LogP contribution in [-0.2, 0) is 4.74 Å². The number of likely N-dealkylation sites (N-methyl/N-ethyl adjacent to an activating group) is 1. The van der Waals surface area contributed by atoms with Crippen LogP contribution in [0.2, 0.25) is 0 Å². The molecule has 1 aliphatic heterocycles. The fourth-order valence-electron chi connectivity index (χ4n) is 1.66. The number of thiophene rings is 1. The molecule has 0 aromatic carbocycles. The van der Waals surface area contributed by atoms with Crippen molar-refractivity contribution in [3.63, 3.8) is 0 Å². The zero-order valence-corrected chi connectivity index (χ0v) is 11.1. The molecule has 1 saturated heterocycles. The van der Waals surface area contributed by atoms with Crippen LogP contribution >= 0.6 is 27.3 Å². The van der Waals surface area contributed by atoms with Gasteiger partial charge in [-0.15, -0.1) is 11.3 Å². The SMILES string of the molecule is CN(CC1COCCN1)c1cc(Br)cs1. The molecule has 1 N–H and O–H groups in total. The Bertz CT molecular complexity index is 312. The number of rotatable bonds is 3. The van der Waals surface area contributed by atoms with E-state index in [1.165, 1.54) is 5.00 Å². The second kappa shape index (κ2) is 5.30. The molecule has 0 radical (unpaired) electrons. The van der Waals surface area contributed by atoms with Crippen molar-refractivity contribution in [2.45, 2.75) is 6.04 Å². The molecular weight excluding hydrogens is 276 g/mol. The van der Waals surface area contributed by atoms with Gasteiger partial charge in [0.15, 0.2) is 0 Å². The molecule has 2 heterocycles. The molecule has 1 unspecified atom stereocenters. The van der Waals surface area contributed by atoms with Gasteiger partial charge in [-0.1, -0.05) is 0 Å². The van der Waals surface area contributed by atoms with Crippen LogP contribution in [0.5, 0.6) is 0 Å². The molecule has 5 heteroatoms. The van der Waals surface area contributed by atoms with Gasteiger partial charge in [0.1, 0.15) is 0 Å². The summed E-state index contributed by atoms with van der Waals surface area (Å²) in [7, 11) is 2.12. The van der Waals surface area contributed by atoms with Crippen LogP contribution in [0.3, 0.4) is 0 Å². The van der Waals surface area contributed by atoms with Gasteiger partial charge in [-0.2, -0.15) is 0 Å². The molecule has 0 amide bonds. The van der Waals surface area contributed by atoms with Crippen molar-refractivity contribution in [1.82, 2.24) is 5.32 Å². The second-order valence-electron chi connectivity index (χ2n) is 3.71. The smallest absolute Gasteiger partial charge is 0.0918 e. The summed E-state index contributed by atoms with van der Waals surface area (Å²) in [6, 6.07) is 2.60. The molecule has 84 valence electrons. The molecule has 1 aliphatic rings. The van der Waals surface area contributed by atoms with Gasteiger partial charge in [-0.05, 0) is 22.0 Å². The first kappa shape index (κ1) is 11.4. The number of nitrogens with one attached hydrogen (secondary N) is 1. The van der Waals surface area contributed by atoms with Crippen molar-refractivity contribution >= 4 is 32.3 Å². The van der Waals surface area contributed by atoms with Crippen molar-refractivity contribution in [3.8, 4) is 0 Å². The second-order valence-corrected chi connectivity index (χ2v) is 5.52. The van der Waals surface area contributed by atoms with Crippen molar-refractivity contribution in [2.75, 3.05) is 38.3 Å². The predicted molar refractivity (Wildman–Crippen MR) is 67.9 cm³/mol. The monoisotopic (exact) mass is 290 g/mol. The van der Waals surface area contributed by atoms with E-state index in [9.17, 15) is 0 Å². The van der Waals surface area contributed by atoms with Gasteiger partial charge in [-0.25, -0.2) is 0 Å². The summed E-state index contributed by atoms with van der Waals surface area (Å²) in [5.74, 6) is 0. The van der Waals surface area contributed by atoms with Gasteiger partial charge in [0.2, 0.25) is 0 Å². The quantitative estimate of drug-likeness (QED) is 0.921. The summed E-state index contributed by atoms with van der Waals surface area (Å²) in [5.41, 5.74) is 0. The van der Waals surface area contributed by atoms with E-state index >= 15 is 0 Å². The third kappa shape index (κ3) is 3.17. The van der Waals surface area contributed by atoms with Crippen LogP contribution in [0, 0.1) is 0 Å². The van der Waals surface area contributed by atoms with Crippen LogP contribution in [0.4, 0.5) is 5.00 Å². The highest BCUT2D eigenvalue weighted by atomic mass is 79.9. The number of nitrogens with zero attached hydrogens (tertiary/aromatic N) is 1. The molecule has 0 aliphatic carbocycles. The molecule has 0 saturated carbocycles. The molecule has 0 bridgehead atoms. The van der Waals surface area contributed by atoms with E-state index in [2.05, 4.69) is 44.6 Å². The fourth-order valence-corrected chi connectivity index (χ4v) is 3.06. The normalized spacial score (nSPS) is 21.6. The van der Waals surface area contributed by atoms with Gasteiger partial charge < -0.3 is 15.0 Å². The van der Waals surface area contributed by atoms with E-state index in [1.807, 2.05) is 0 Å². The number of morpholine rings is 1.